The van der Waals surface area contributed by atoms with Gasteiger partial charge in [-0.1, -0.05) is 64.7 Å². The van der Waals surface area contributed by atoms with Crippen LogP contribution in [0.1, 0.15) is 87.1 Å². The minimum Gasteiger partial charge on any atom is -0.478 e. The van der Waals surface area contributed by atoms with Crippen LogP contribution >= 0.6 is 0 Å². The Morgan fingerprint density at radius 1 is 0.683 bits per heavy atom. The Kier molecular flexibility index (Phi) is 12.1. The van der Waals surface area contributed by atoms with Crippen molar-refractivity contribution in [1.29, 1.82) is 0 Å². The molecule has 3 rings (SSSR count). The Morgan fingerprint density at radius 2 is 1.15 bits per heavy atom. The summed E-state index contributed by atoms with van der Waals surface area (Å²) in [6.07, 6.45) is 11.9. The smallest absolute Gasteiger partial charge is 0.336 e. The van der Waals surface area contributed by atoms with Crippen LogP contribution in [0.5, 0.6) is 23.0 Å². The molecule has 0 bridgehead atoms. The largest absolute Gasteiger partial charge is 0.478 e. The van der Waals surface area contributed by atoms with Gasteiger partial charge in [-0.15, -0.1) is 0 Å². The number of nitro benzene ring substituents is 2. The summed E-state index contributed by atoms with van der Waals surface area (Å²) in [6, 6.07) is 13.9. The first-order chi connectivity index (χ1) is 19.8. The number of ether oxygens (including phenoxy) is 2. The van der Waals surface area contributed by atoms with E-state index in [1.54, 1.807) is 6.07 Å². The molecule has 0 saturated carbocycles. The minimum atomic E-state index is -1.14. The molecule has 3 aromatic carbocycles. The summed E-state index contributed by atoms with van der Waals surface area (Å²) in [4.78, 5) is 33.3. The maximum absolute atomic E-state index is 12.3. The maximum atomic E-state index is 12.3. The average molecular weight is 565 g/mol. The van der Waals surface area contributed by atoms with Crippen LogP contribution in [-0.2, 0) is 6.42 Å². The third-order valence-corrected chi connectivity index (χ3v) is 6.75. The number of nitro groups is 2. The van der Waals surface area contributed by atoms with Crippen molar-refractivity contribution in [2.24, 2.45) is 0 Å². The number of rotatable bonds is 18. The van der Waals surface area contributed by atoms with E-state index in [9.17, 15) is 30.1 Å². The van der Waals surface area contributed by atoms with Crippen molar-refractivity contribution in [2.75, 3.05) is 0 Å². The molecule has 0 amide bonds. The van der Waals surface area contributed by atoms with Crippen molar-refractivity contribution in [3.63, 3.8) is 0 Å². The molecular formula is C31H36N2O8. The number of carboxylic acids is 1. The molecule has 0 aliphatic carbocycles. The molecule has 0 aliphatic heterocycles. The zero-order valence-corrected chi connectivity index (χ0v) is 23.3. The standard InChI is InChI=1S/C31H36N2O8/c1-2-3-4-5-6-7-8-9-10-11-12-28-29(31(34)35)21-27(40-25-17-13-23(14-18-25)32(36)37)22-30(28)41-26-19-15-24(16-20-26)33(38)39/h13-22H,2-12H2,1H3,(H,34,35). The number of aromatic carboxylic acids is 1. The van der Waals surface area contributed by atoms with Crippen LogP contribution in [0.3, 0.4) is 0 Å². The number of non-ortho nitro benzene ring substituents is 2. The Bertz CT molecular complexity index is 1310. The molecule has 10 nitrogen and oxygen atoms in total. The van der Waals surface area contributed by atoms with Gasteiger partial charge in [-0.25, -0.2) is 4.79 Å². The molecule has 0 fully saturated rings. The van der Waals surface area contributed by atoms with Crippen molar-refractivity contribution in [2.45, 2.75) is 77.6 Å². The Labute approximate surface area is 239 Å². The summed E-state index contributed by atoms with van der Waals surface area (Å²) >= 11 is 0. The van der Waals surface area contributed by atoms with Crippen LogP contribution in [0.2, 0.25) is 0 Å². The lowest BCUT2D eigenvalue weighted by molar-refractivity contribution is -0.385. The van der Waals surface area contributed by atoms with Crippen molar-refractivity contribution < 1.29 is 29.2 Å². The van der Waals surface area contributed by atoms with Crippen LogP contribution < -0.4 is 9.47 Å². The van der Waals surface area contributed by atoms with E-state index in [-0.39, 0.29) is 34.2 Å². The second-order valence-electron chi connectivity index (χ2n) is 9.89. The van der Waals surface area contributed by atoms with E-state index in [1.165, 1.54) is 93.1 Å². The van der Waals surface area contributed by atoms with Gasteiger partial charge in [0.1, 0.15) is 23.0 Å². The van der Waals surface area contributed by atoms with Crippen molar-refractivity contribution in [3.05, 3.63) is 92.0 Å². The highest BCUT2D eigenvalue weighted by Gasteiger charge is 2.20. The van der Waals surface area contributed by atoms with E-state index in [4.69, 9.17) is 9.47 Å². The molecule has 0 unspecified atom stereocenters. The third kappa shape index (κ3) is 9.90. The van der Waals surface area contributed by atoms with Crippen LogP contribution in [-0.4, -0.2) is 20.9 Å². The SMILES string of the molecule is CCCCCCCCCCCCc1c(Oc2ccc([N+](=O)[O-])cc2)cc(Oc2ccc([N+](=O)[O-])cc2)cc1C(=O)O. The van der Waals surface area contributed by atoms with Gasteiger partial charge >= 0.3 is 5.97 Å². The zero-order chi connectivity index (χ0) is 29.6. The highest BCUT2D eigenvalue weighted by atomic mass is 16.6. The lowest BCUT2D eigenvalue weighted by Crippen LogP contribution is -2.06. The van der Waals surface area contributed by atoms with Gasteiger partial charge in [-0.05, 0) is 43.2 Å². The van der Waals surface area contributed by atoms with Crippen molar-refractivity contribution in [1.82, 2.24) is 0 Å². The van der Waals surface area contributed by atoms with Gasteiger partial charge in [0.15, 0.2) is 0 Å². The van der Waals surface area contributed by atoms with E-state index < -0.39 is 15.8 Å². The summed E-state index contributed by atoms with van der Waals surface area (Å²) in [6.45, 7) is 2.21. The normalized spacial score (nSPS) is 10.8. The van der Waals surface area contributed by atoms with E-state index >= 15 is 0 Å². The van der Waals surface area contributed by atoms with Gasteiger partial charge < -0.3 is 14.6 Å². The first kappa shape index (κ1) is 31.1. The predicted molar refractivity (Wildman–Crippen MR) is 155 cm³/mol. The second-order valence-corrected chi connectivity index (χ2v) is 9.89. The molecule has 0 radical (unpaired) electrons. The lowest BCUT2D eigenvalue weighted by atomic mass is 9.98. The third-order valence-electron chi connectivity index (χ3n) is 6.75. The minimum absolute atomic E-state index is 0.0252. The number of hydrogen-bond donors (Lipinski definition) is 1. The van der Waals surface area contributed by atoms with Crippen LogP contribution in [0.25, 0.3) is 0 Å². The number of unbranched alkanes of at least 4 members (excludes halogenated alkanes) is 9. The number of nitrogens with zero attached hydrogens (tertiary/aromatic N) is 2. The second kappa shape index (κ2) is 16.0. The monoisotopic (exact) mass is 564 g/mol. The fourth-order valence-corrected chi connectivity index (χ4v) is 4.54. The van der Waals surface area contributed by atoms with Crippen LogP contribution in [0, 0.1) is 20.2 Å². The molecule has 218 valence electrons. The van der Waals surface area contributed by atoms with E-state index in [2.05, 4.69) is 6.92 Å². The molecule has 0 aliphatic rings. The molecular weight excluding hydrogens is 528 g/mol. The van der Waals surface area contributed by atoms with Crippen LogP contribution in [0.15, 0.2) is 60.7 Å². The topological polar surface area (TPSA) is 142 Å². The highest BCUT2D eigenvalue weighted by Crippen LogP contribution is 2.36. The van der Waals surface area contributed by atoms with Gasteiger partial charge in [-0.3, -0.25) is 20.2 Å². The number of carbonyl (C=O) groups is 1. The molecule has 0 spiro atoms. The van der Waals surface area contributed by atoms with Gasteiger partial charge in [0.25, 0.3) is 11.4 Å². The van der Waals surface area contributed by atoms with Crippen molar-refractivity contribution in [3.8, 4) is 23.0 Å². The predicted octanol–water partition coefficient (Wildman–Crippen LogP) is 9.25. The molecule has 1 N–H and O–H groups in total. The highest BCUT2D eigenvalue weighted by molar-refractivity contribution is 5.91. The Hall–Kier alpha value is -4.47. The molecule has 41 heavy (non-hydrogen) atoms. The molecule has 0 aromatic heterocycles. The first-order valence-electron chi connectivity index (χ1n) is 14.0. The van der Waals surface area contributed by atoms with E-state index in [0.29, 0.717) is 17.7 Å². The maximum Gasteiger partial charge on any atom is 0.336 e. The fraction of sp³-hybridized carbons (Fsp3) is 0.387. The summed E-state index contributed by atoms with van der Waals surface area (Å²) in [5, 5.41) is 32.0. The lowest BCUT2D eigenvalue weighted by Gasteiger charge is -2.16. The quantitative estimate of drug-likeness (QED) is 0.0915. The van der Waals surface area contributed by atoms with E-state index in [0.717, 1.165) is 25.7 Å². The first-order valence-corrected chi connectivity index (χ1v) is 14.0. The van der Waals surface area contributed by atoms with Gasteiger partial charge in [0, 0.05) is 35.9 Å². The number of hydrogen-bond acceptors (Lipinski definition) is 7. The summed E-state index contributed by atoms with van der Waals surface area (Å²) in [5.41, 5.74) is 0.339. The summed E-state index contributed by atoms with van der Waals surface area (Å²) in [5.74, 6) is -0.0965. The van der Waals surface area contributed by atoms with Crippen molar-refractivity contribution >= 4 is 17.3 Å². The number of benzene rings is 3. The molecule has 3 aromatic rings. The molecule has 0 saturated heterocycles. The summed E-state index contributed by atoms with van der Waals surface area (Å²) in [7, 11) is 0. The van der Waals surface area contributed by atoms with E-state index in [1.807, 2.05) is 0 Å². The molecule has 0 atom stereocenters. The average Bonchev–Trinajstić information content (AvgIpc) is 2.95. The van der Waals surface area contributed by atoms with Gasteiger partial charge in [0.05, 0.1) is 15.4 Å². The molecule has 0 heterocycles. The number of carboxylic acid groups (broad SMARTS) is 1. The zero-order valence-electron chi connectivity index (χ0n) is 23.3. The fourth-order valence-electron chi connectivity index (χ4n) is 4.54. The summed E-state index contributed by atoms with van der Waals surface area (Å²) < 4.78 is 11.9. The molecule has 10 heteroatoms. The van der Waals surface area contributed by atoms with Crippen LogP contribution in [0.4, 0.5) is 11.4 Å². The van der Waals surface area contributed by atoms with Gasteiger partial charge in [-0.2, -0.15) is 0 Å². The Morgan fingerprint density at radius 3 is 1.61 bits per heavy atom. The van der Waals surface area contributed by atoms with Gasteiger partial charge in [0.2, 0.25) is 0 Å². The Balaban J connectivity index is 1.78.